The zero-order valence-electron chi connectivity index (χ0n) is 13.9. The molecule has 0 bridgehead atoms. The van der Waals surface area contributed by atoms with Crippen molar-refractivity contribution in [2.24, 2.45) is 5.10 Å². The van der Waals surface area contributed by atoms with Crippen LogP contribution in [0.5, 0.6) is 5.75 Å². The van der Waals surface area contributed by atoms with E-state index in [-0.39, 0.29) is 12.5 Å². The van der Waals surface area contributed by atoms with E-state index in [0.29, 0.717) is 11.5 Å². The molecule has 0 saturated carbocycles. The summed E-state index contributed by atoms with van der Waals surface area (Å²) in [6, 6.07) is 13.7. The normalized spacial score (nSPS) is 11.6. The summed E-state index contributed by atoms with van der Waals surface area (Å²) in [7, 11) is 0. The first-order valence-corrected chi connectivity index (χ1v) is 9.19. The van der Waals surface area contributed by atoms with Crippen molar-refractivity contribution in [1.82, 2.24) is 5.43 Å². The Bertz CT molecular complexity index is 779. The van der Waals surface area contributed by atoms with Crippen LogP contribution >= 0.6 is 31.9 Å². The lowest BCUT2D eigenvalue weighted by Gasteiger charge is -2.10. The first-order chi connectivity index (χ1) is 12.0. The monoisotopic (exact) mass is 464 g/mol. The molecule has 2 aromatic rings. The highest BCUT2D eigenvalue weighted by Crippen LogP contribution is 2.34. The molecule has 1 amide bonds. The SMILES string of the molecule is CC(C=Cc1ccccc1)=NNC(=O)COc1c(Br)cc(C)cc1Br. The molecular weight excluding hydrogens is 448 g/mol. The Morgan fingerprint density at radius 2 is 1.84 bits per heavy atom. The second-order valence-corrected chi connectivity index (χ2v) is 7.09. The summed E-state index contributed by atoms with van der Waals surface area (Å²) in [5, 5.41) is 4.04. The minimum atomic E-state index is -0.327. The number of amides is 1. The molecule has 130 valence electrons. The zero-order chi connectivity index (χ0) is 18.2. The van der Waals surface area contributed by atoms with Gasteiger partial charge >= 0.3 is 0 Å². The fourth-order valence-corrected chi connectivity index (χ4v) is 3.61. The van der Waals surface area contributed by atoms with Crippen molar-refractivity contribution in [3.8, 4) is 5.75 Å². The van der Waals surface area contributed by atoms with E-state index in [1.165, 1.54) is 0 Å². The molecule has 4 nitrogen and oxygen atoms in total. The van der Waals surface area contributed by atoms with Gasteiger partial charge in [-0.05, 0) is 75.0 Å². The van der Waals surface area contributed by atoms with Gasteiger partial charge in [-0.1, -0.05) is 36.4 Å². The van der Waals surface area contributed by atoms with Crippen LogP contribution in [0, 0.1) is 6.92 Å². The van der Waals surface area contributed by atoms with Gasteiger partial charge in [-0.3, -0.25) is 4.79 Å². The summed E-state index contributed by atoms with van der Waals surface area (Å²) in [6.45, 7) is 3.67. The molecule has 0 fully saturated rings. The largest absolute Gasteiger partial charge is 0.481 e. The molecule has 0 aliphatic rings. The molecule has 25 heavy (non-hydrogen) atoms. The summed E-state index contributed by atoms with van der Waals surface area (Å²) in [5.41, 5.74) is 5.33. The lowest BCUT2D eigenvalue weighted by molar-refractivity contribution is -0.123. The number of allylic oxidation sites excluding steroid dienone is 1. The van der Waals surface area contributed by atoms with Crippen molar-refractivity contribution in [2.75, 3.05) is 6.61 Å². The number of aryl methyl sites for hydroxylation is 1. The minimum Gasteiger partial charge on any atom is -0.481 e. The lowest BCUT2D eigenvalue weighted by atomic mass is 10.2. The molecule has 0 radical (unpaired) electrons. The number of nitrogens with one attached hydrogen (secondary N) is 1. The molecule has 0 unspecified atom stereocenters. The summed E-state index contributed by atoms with van der Waals surface area (Å²) in [4.78, 5) is 11.9. The Labute approximate surface area is 164 Å². The predicted molar refractivity (Wildman–Crippen MR) is 109 cm³/mol. The van der Waals surface area contributed by atoms with Crippen molar-refractivity contribution < 1.29 is 9.53 Å². The number of halogens is 2. The molecule has 2 aromatic carbocycles. The quantitative estimate of drug-likeness (QED) is 0.476. The summed E-state index contributed by atoms with van der Waals surface area (Å²) < 4.78 is 7.13. The summed E-state index contributed by atoms with van der Waals surface area (Å²) >= 11 is 6.86. The number of hydrazone groups is 1. The first-order valence-electron chi connectivity index (χ1n) is 7.60. The number of rotatable bonds is 6. The fourth-order valence-electron chi connectivity index (χ4n) is 1.96. The van der Waals surface area contributed by atoms with Gasteiger partial charge in [0.05, 0.1) is 14.7 Å². The van der Waals surface area contributed by atoms with Crippen molar-refractivity contribution in [2.45, 2.75) is 13.8 Å². The van der Waals surface area contributed by atoms with Gasteiger partial charge in [0.15, 0.2) is 6.61 Å². The lowest BCUT2D eigenvalue weighted by Crippen LogP contribution is -2.25. The Balaban J connectivity index is 1.87. The van der Waals surface area contributed by atoms with Crippen molar-refractivity contribution in [3.05, 3.63) is 68.6 Å². The van der Waals surface area contributed by atoms with Crippen LogP contribution in [-0.2, 0) is 4.79 Å². The van der Waals surface area contributed by atoms with Gasteiger partial charge in [0, 0.05) is 0 Å². The molecule has 0 spiro atoms. The average Bonchev–Trinajstić information content (AvgIpc) is 2.58. The molecule has 2 rings (SSSR count). The Morgan fingerprint density at radius 3 is 2.48 bits per heavy atom. The molecule has 1 N–H and O–H groups in total. The van der Waals surface area contributed by atoms with E-state index < -0.39 is 0 Å². The fraction of sp³-hybridized carbons (Fsp3) is 0.158. The van der Waals surface area contributed by atoms with E-state index in [2.05, 4.69) is 42.4 Å². The van der Waals surface area contributed by atoms with E-state index in [1.807, 2.05) is 68.5 Å². The van der Waals surface area contributed by atoms with E-state index in [9.17, 15) is 4.79 Å². The van der Waals surface area contributed by atoms with Crippen LogP contribution in [0.2, 0.25) is 0 Å². The van der Waals surface area contributed by atoms with Crippen LogP contribution in [-0.4, -0.2) is 18.2 Å². The molecule has 0 aromatic heterocycles. The van der Waals surface area contributed by atoms with Gasteiger partial charge in [-0.2, -0.15) is 5.10 Å². The number of hydrogen-bond acceptors (Lipinski definition) is 3. The van der Waals surface area contributed by atoms with Crippen LogP contribution in [0.25, 0.3) is 6.08 Å². The maximum Gasteiger partial charge on any atom is 0.277 e. The molecular formula is C19H18Br2N2O2. The average molecular weight is 466 g/mol. The van der Waals surface area contributed by atoms with Crippen molar-refractivity contribution in [3.63, 3.8) is 0 Å². The molecule has 0 heterocycles. The van der Waals surface area contributed by atoms with E-state index >= 15 is 0 Å². The highest BCUT2D eigenvalue weighted by atomic mass is 79.9. The van der Waals surface area contributed by atoms with Crippen molar-refractivity contribution >= 4 is 49.6 Å². The van der Waals surface area contributed by atoms with Gasteiger partial charge in [-0.15, -0.1) is 0 Å². The van der Waals surface area contributed by atoms with E-state index in [1.54, 1.807) is 0 Å². The first kappa shape index (κ1) is 19.4. The van der Waals surface area contributed by atoms with Crippen LogP contribution < -0.4 is 10.2 Å². The van der Waals surface area contributed by atoms with Gasteiger partial charge in [0.2, 0.25) is 0 Å². The Hall–Kier alpha value is -1.92. The third-order valence-corrected chi connectivity index (χ3v) is 4.34. The number of carbonyl (C=O) groups excluding carboxylic acids is 1. The molecule has 0 aliphatic heterocycles. The number of nitrogens with zero attached hydrogens (tertiary/aromatic N) is 1. The molecule has 0 saturated heterocycles. The van der Waals surface area contributed by atoms with Gasteiger partial charge in [-0.25, -0.2) is 5.43 Å². The second kappa shape index (κ2) is 9.53. The van der Waals surface area contributed by atoms with Crippen LogP contribution in [0.4, 0.5) is 0 Å². The molecule has 6 heteroatoms. The summed E-state index contributed by atoms with van der Waals surface area (Å²) in [5.74, 6) is 0.261. The molecule has 0 atom stereocenters. The third kappa shape index (κ3) is 6.48. The number of carbonyl (C=O) groups is 1. The van der Waals surface area contributed by atoms with E-state index in [0.717, 1.165) is 20.1 Å². The minimum absolute atomic E-state index is 0.126. The van der Waals surface area contributed by atoms with Gasteiger partial charge in [0.1, 0.15) is 5.75 Å². The van der Waals surface area contributed by atoms with E-state index in [4.69, 9.17) is 4.74 Å². The topological polar surface area (TPSA) is 50.7 Å². The Morgan fingerprint density at radius 1 is 1.20 bits per heavy atom. The number of hydrogen-bond donors (Lipinski definition) is 1. The second-order valence-electron chi connectivity index (χ2n) is 5.38. The maximum atomic E-state index is 11.9. The maximum absolute atomic E-state index is 11.9. The van der Waals surface area contributed by atoms with Crippen LogP contribution in [0.1, 0.15) is 18.1 Å². The highest BCUT2D eigenvalue weighted by molar-refractivity contribution is 9.11. The molecule has 0 aliphatic carbocycles. The predicted octanol–water partition coefficient (Wildman–Crippen LogP) is 5.10. The standard InChI is InChI=1S/C19H18Br2N2O2/c1-13-10-16(20)19(17(21)11-13)25-12-18(24)23-22-14(2)8-9-15-6-4-3-5-7-15/h3-11H,12H2,1-2H3,(H,23,24). The van der Waals surface area contributed by atoms with Crippen molar-refractivity contribution in [1.29, 1.82) is 0 Å². The van der Waals surface area contributed by atoms with Crippen LogP contribution in [0.3, 0.4) is 0 Å². The van der Waals surface area contributed by atoms with Crippen LogP contribution in [0.15, 0.2) is 62.6 Å². The Kier molecular flexibility index (Phi) is 7.40. The number of benzene rings is 2. The highest BCUT2D eigenvalue weighted by Gasteiger charge is 2.10. The smallest absolute Gasteiger partial charge is 0.277 e. The van der Waals surface area contributed by atoms with Gasteiger partial charge in [0.25, 0.3) is 5.91 Å². The zero-order valence-corrected chi connectivity index (χ0v) is 17.1. The third-order valence-electron chi connectivity index (χ3n) is 3.16. The number of ether oxygens (including phenoxy) is 1. The summed E-state index contributed by atoms with van der Waals surface area (Å²) in [6.07, 6.45) is 3.77. The van der Waals surface area contributed by atoms with Gasteiger partial charge < -0.3 is 4.74 Å².